The van der Waals surface area contributed by atoms with Crippen LogP contribution in [0.5, 0.6) is 0 Å². The average Bonchev–Trinajstić information content (AvgIpc) is 1.77. The van der Waals surface area contributed by atoms with Crippen molar-refractivity contribution in [3.05, 3.63) is 0 Å². The van der Waals surface area contributed by atoms with Crippen LogP contribution in [0.25, 0.3) is 0 Å². The van der Waals surface area contributed by atoms with Gasteiger partial charge in [-0.1, -0.05) is 11.6 Å². The van der Waals surface area contributed by atoms with Gasteiger partial charge in [0.05, 0.1) is 0 Å². The van der Waals surface area contributed by atoms with Gasteiger partial charge in [0, 0.05) is 0 Å². The molecular formula is C3H5F6NO4S2. The number of hydrogen-bond acceptors (Lipinski definition) is 4. The van der Waals surface area contributed by atoms with Crippen LogP contribution in [-0.2, 0) is 20.0 Å². The molecule has 0 amide bonds. The quantitative estimate of drug-likeness (QED) is 0.768. The minimum Gasteiger partial charge on any atom is -0.202 e. The number of alkyl halides is 6. The fraction of sp³-hybridized carbons (Fsp3) is 1.00. The Kier molecular flexibility index (Phi) is 4.86. The third-order valence-electron chi connectivity index (χ3n) is 0.829. The first-order valence-electron chi connectivity index (χ1n) is 2.62. The van der Waals surface area contributed by atoms with E-state index in [9.17, 15) is 43.2 Å². The van der Waals surface area contributed by atoms with E-state index >= 15 is 0 Å². The summed E-state index contributed by atoms with van der Waals surface area (Å²) in [5.74, 6) is 0. The Hall–Kier alpha value is -0.560. The Morgan fingerprint density at radius 2 is 0.875 bits per heavy atom. The molecule has 0 aliphatic rings. The fourth-order valence-electron chi connectivity index (χ4n) is 0.239. The molecule has 0 aromatic rings. The van der Waals surface area contributed by atoms with Crippen molar-refractivity contribution in [1.82, 2.24) is 4.13 Å². The molecule has 0 unspecified atom stereocenters. The molecule has 0 bridgehead atoms. The zero-order valence-electron chi connectivity index (χ0n) is 6.22. The van der Waals surface area contributed by atoms with Gasteiger partial charge < -0.3 is 0 Å². The number of nitrogens with one attached hydrogen (secondary N) is 1. The molecule has 0 spiro atoms. The summed E-state index contributed by atoms with van der Waals surface area (Å²) in [6.45, 7) is 0. The maximum Gasteiger partial charge on any atom is 0.512 e. The van der Waals surface area contributed by atoms with Crippen LogP contribution in [0.3, 0.4) is 0 Å². The molecule has 0 aliphatic heterocycles. The Morgan fingerprint density at radius 3 is 1.00 bits per heavy atom. The van der Waals surface area contributed by atoms with Crippen LogP contribution in [0.4, 0.5) is 26.3 Å². The molecule has 0 aliphatic carbocycles. The largest absolute Gasteiger partial charge is 0.512 e. The van der Waals surface area contributed by atoms with Crippen molar-refractivity contribution in [3.63, 3.8) is 0 Å². The third kappa shape index (κ3) is 3.79. The van der Waals surface area contributed by atoms with Gasteiger partial charge in [-0.05, 0) is 0 Å². The van der Waals surface area contributed by atoms with Crippen molar-refractivity contribution in [3.8, 4) is 0 Å². The number of hydrogen-bond donors (Lipinski definition) is 1. The van der Waals surface area contributed by atoms with Crippen molar-refractivity contribution >= 4 is 20.0 Å². The van der Waals surface area contributed by atoms with E-state index in [1.54, 1.807) is 0 Å². The average molecular weight is 297 g/mol. The zero-order chi connectivity index (χ0) is 12.7. The van der Waals surface area contributed by atoms with Gasteiger partial charge in [0.15, 0.2) is 0 Å². The van der Waals surface area contributed by atoms with Gasteiger partial charge in [0.2, 0.25) is 0 Å². The topological polar surface area (TPSA) is 80.3 Å². The lowest BCUT2D eigenvalue weighted by Crippen LogP contribution is -2.45. The number of sulfonamides is 2. The summed E-state index contributed by atoms with van der Waals surface area (Å²) in [5.41, 5.74) is -12.3. The lowest BCUT2D eigenvalue weighted by atomic mass is 11.6. The van der Waals surface area contributed by atoms with Gasteiger partial charge >= 0.3 is 31.1 Å². The second-order valence-corrected chi connectivity index (χ2v) is 5.59. The highest BCUT2D eigenvalue weighted by atomic mass is 32.3. The standard InChI is InChI=1S/C2HF6NO4S2.CH4/c3-1(4,5)14(10,11)9-15(12,13)2(6,7)8;/h9H;1H4. The molecule has 0 saturated heterocycles. The van der Waals surface area contributed by atoms with E-state index in [0.717, 1.165) is 0 Å². The molecule has 13 heteroatoms. The van der Waals surface area contributed by atoms with Crippen LogP contribution < -0.4 is 4.13 Å². The molecule has 0 saturated carbocycles. The molecule has 5 nitrogen and oxygen atoms in total. The Balaban J connectivity index is 0. The minimum absolute atomic E-state index is 0. The molecule has 0 aromatic carbocycles. The van der Waals surface area contributed by atoms with Crippen molar-refractivity contribution in [2.75, 3.05) is 0 Å². The van der Waals surface area contributed by atoms with Gasteiger partial charge in [-0.3, -0.25) is 0 Å². The molecule has 0 atom stereocenters. The van der Waals surface area contributed by atoms with Crippen LogP contribution in [0.15, 0.2) is 0 Å². The van der Waals surface area contributed by atoms with E-state index < -0.39 is 35.2 Å². The summed E-state index contributed by atoms with van der Waals surface area (Å²) in [5, 5.41) is 0. The Labute approximate surface area is 86.5 Å². The normalized spacial score (nSPS) is 14.4. The van der Waals surface area contributed by atoms with Gasteiger partial charge in [0.1, 0.15) is 0 Å². The van der Waals surface area contributed by atoms with E-state index in [1.807, 2.05) is 0 Å². The maximum atomic E-state index is 11.5. The van der Waals surface area contributed by atoms with Gasteiger partial charge in [-0.15, -0.1) is 0 Å². The fourth-order valence-corrected chi connectivity index (χ4v) is 2.15. The molecule has 0 aromatic heterocycles. The summed E-state index contributed by atoms with van der Waals surface area (Å²) in [6.07, 6.45) is 0. The van der Waals surface area contributed by atoms with E-state index in [4.69, 9.17) is 0 Å². The molecule has 0 radical (unpaired) electrons. The first-order valence-corrected chi connectivity index (χ1v) is 5.58. The summed E-state index contributed by atoms with van der Waals surface area (Å²) in [7, 11) is -13.2. The van der Waals surface area contributed by atoms with E-state index in [-0.39, 0.29) is 7.43 Å². The first-order chi connectivity index (χ1) is 6.21. The van der Waals surface area contributed by atoms with Gasteiger partial charge in [0.25, 0.3) is 0 Å². The number of rotatable bonds is 2. The summed E-state index contributed by atoms with van der Waals surface area (Å²) in [6, 6.07) is 0. The molecular weight excluding hydrogens is 292 g/mol. The van der Waals surface area contributed by atoms with E-state index in [1.165, 1.54) is 0 Å². The molecule has 0 heterocycles. The second-order valence-electron chi connectivity index (χ2n) is 1.98. The van der Waals surface area contributed by atoms with Crippen molar-refractivity contribution in [2.45, 2.75) is 18.4 Å². The smallest absolute Gasteiger partial charge is 0.202 e. The molecule has 0 rings (SSSR count). The highest BCUT2D eigenvalue weighted by Crippen LogP contribution is 2.27. The molecule has 100 valence electrons. The van der Waals surface area contributed by atoms with E-state index in [2.05, 4.69) is 0 Å². The molecule has 0 fully saturated rings. The van der Waals surface area contributed by atoms with Crippen molar-refractivity contribution in [2.24, 2.45) is 0 Å². The van der Waals surface area contributed by atoms with Crippen LogP contribution in [0.1, 0.15) is 7.43 Å². The predicted octanol–water partition coefficient (Wildman–Crippen LogP) is 0.911. The summed E-state index contributed by atoms with van der Waals surface area (Å²) >= 11 is 0. The van der Waals surface area contributed by atoms with Crippen LogP contribution in [-0.4, -0.2) is 27.9 Å². The predicted molar refractivity (Wildman–Crippen MR) is 39.8 cm³/mol. The summed E-state index contributed by atoms with van der Waals surface area (Å²) in [4.78, 5) is 0. The lowest BCUT2D eigenvalue weighted by molar-refractivity contribution is -0.0476. The maximum absolute atomic E-state index is 11.5. The third-order valence-corrected chi connectivity index (χ3v) is 3.80. The van der Waals surface area contributed by atoms with Crippen LogP contribution in [0, 0.1) is 0 Å². The first kappa shape index (κ1) is 17.8. The van der Waals surface area contributed by atoms with E-state index in [0.29, 0.717) is 0 Å². The minimum atomic E-state index is -6.60. The van der Waals surface area contributed by atoms with Gasteiger partial charge in [-0.25, -0.2) is 16.8 Å². The molecule has 16 heavy (non-hydrogen) atoms. The van der Waals surface area contributed by atoms with Crippen LogP contribution >= 0.6 is 0 Å². The Bertz CT molecular complexity index is 387. The Morgan fingerprint density at radius 1 is 0.688 bits per heavy atom. The highest BCUT2D eigenvalue weighted by molar-refractivity contribution is 8.05. The second kappa shape index (κ2) is 4.37. The molecule has 1 N–H and O–H groups in total. The van der Waals surface area contributed by atoms with Gasteiger partial charge in [-0.2, -0.15) is 26.3 Å². The zero-order valence-corrected chi connectivity index (χ0v) is 7.85. The number of halogens is 6. The SMILES string of the molecule is C.O=S(=O)(NS(=O)(=O)C(F)(F)F)C(F)(F)F. The summed E-state index contributed by atoms with van der Waals surface area (Å²) < 4.78 is 108. The van der Waals surface area contributed by atoms with Crippen molar-refractivity contribution < 1.29 is 43.2 Å². The highest BCUT2D eigenvalue weighted by Gasteiger charge is 2.55. The monoisotopic (exact) mass is 297 g/mol. The van der Waals surface area contributed by atoms with Crippen LogP contribution in [0.2, 0.25) is 0 Å². The van der Waals surface area contributed by atoms with Crippen molar-refractivity contribution in [1.29, 1.82) is 0 Å². The lowest BCUT2D eigenvalue weighted by Gasteiger charge is -2.11.